The van der Waals surface area contributed by atoms with Crippen molar-refractivity contribution in [1.29, 1.82) is 0 Å². The first-order chi connectivity index (χ1) is 4.93. The number of isothiocyanates is 1. The van der Waals surface area contributed by atoms with Gasteiger partial charge in [-0.2, -0.15) is 11.8 Å². The van der Waals surface area contributed by atoms with Crippen molar-refractivity contribution >= 4 is 29.1 Å². The van der Waals surface area contributed by atoms with Crippen molar-refractivity contribution in [3.8, 4) is 0 Å². The molecule has 0 amide bonds. The normalized spacial score (nSPS) is 25.4. The molecule has 0 aromatic heterocycles. The number of hydrogen-bond donors (Lipinski definition) is 0. The first kappa shape index (κ1) is 8.25. The molecule has 1 rings (SSSR count). The van der Waals surface area contributed by atoms with E-state index in [4.69, 9.17) is 0 Å². The zero-order valence-electron chi connectivity index (χ0n) is 5.88. The lowest BCUT2D eigenvalue weighted by molar-refractivity contribution is 0.669. The van der Waals surface area contributed by atoms with Gasteiger partial charge in [0.2, 0.25) is 0 Å². The highest BCUT2D eigenvalue weighted by molar-refractivity contribution is 7.99. The SMILES string of the molecule is S=C=NCC1CCCCS1. The van der Waals surface area contributed by atoms with Gasteiger partial charge in [-0.1, -0.05) is 6.42 Å². The molecule has 0 N–H and O–H groups in total. The van der Waals surface area contributed by atoms with E-state index < -0.39 is 0 Å². The van der Waals surface area contributed by atoms with E-state index in [2.05, 4.69) is 22.4 Å². The Kier molecular flexibility index (Phi) is 4.03. The molecule has 1 fully saturated rings. The Morgan fingerprint density at radius 1 is 1.60 bits per heavy atom. The van der Waals surface area contributed by atoms with Gasteiger partial charge in [0.05, 0.1) is 11.7 Å². The molecule has 10 heavy (non-hydrogen) atoms. The molecule has 0 radical (unpaired) electrons. The Bertz CT molecular complexity index is 135. The van der Waals surface area contributed by atoms with Gasteiger partial charge in [0, 0.05) is 5.25 Å². The molecule has 1 heterocycles. The first-order valence-corrected chi connectivity index (χ1v) is 5.04. The van der Waals surface area contributed by atoms with Gasteiger partial charge in [0.25, 0.3) is 0 Å². The second kappa shape index (κ2) is 4.89. The molecule has 0 saturated carbocycles. The van der Waals surface area contributed by atoms with Crippen LogP contribution in [0, 0.1) is 0 Å². The molecule has 0 aromatic carbocycles. The summed E-state index contributed by atoms with van der Waals surface area (Å²) in [6.07, 6.45) is 4.05. The maximum absolute atomic E-state index is 4.49. The summed E-state index contributed by atoms with van der Waals surface area (Å²) in [7, 11) is 0. The van der Waals surface area contributed by atoms with Gasteiger partial charge in [-0.05, 0) is 30.8 Å². The van der Waals surface area contributed by atoms with E-state index in [0.717, 1.165) is 11.8 Å². The van der Waals surface area contributed by atoms with Crippen LogP contribution >= 0.6 is 24.0 Å². The average Bonchev–Trinajstić information content (AvgIpc) is 2.03. The predicted molar refractivity (Wildman–Crippen MR) is 50.0 cm³/mol. The highest BCUT2D eigenvalue weighted by atomic mass is 32.2. The van der Waals surface area contributed by atoms with Gasteiger partial charge < -0.3 is 0 Å². The first-order valence-electron chi connectivity index (χ1n) is 3.58. The third kappa shape index (κ3) is 2.82. The van der Waals surface area contributed by atoms with Crippen molar-refractivity contribution in [2.75, 3.05) is 12.3 Å². The van der Waals surface area contributed by atoms with E-state index in [9.17, 15) is 0 Å². The van der Waals surface area contributed by atoms with Crippen molar-refractivity contribution in [1.82, 2.24) is 0 Å². The van der Waals surface area contributed by atoms with Crippen LogP contribution < -0.4 is 0 Å². The minimum Gasteiger partial charge on any atom is -0.231 e. The third-order valence-electron chi connectivity index (χ3n) is 1.63. The van der Waals surface area contributed by atoms with Crippen LogP contribution in [0.25, 0.3) is 0 Å². The summed E-state index contributed by atoms with van der Waals surface area (Å²) in [6.45, 7) is 0.883. The molecule has 1 saturated heterocycles. The fraction of sp³-hybridized carbons (Fsp3) is 0.857. The van der Waals surface area contributed by atoms with Crippen LogP contribution in [0.1, 0.15) is 19.3 Å². The lowest BCUT2D eigenvalue weighted by atomic mass is 10.2. The van der Waals surface area contributed by atoms with Crippen molar-refractivity contribution in [3.63, 3.8) is 0 Å². The highest BCUT2D eigenvalue weighted by Gasteiger charge is 2.12. The summed E-state index contributed by atoms with van der Waals surface area (Å²) in [5.74, 6) is 1.30. The quantitative estimate of drug-likeness (QED) is 0.469. The molecule has 1 aliphatic heterocycles. The number of aliphatic imine (C=N–C) groups is 1. The van der Waals surface area contributed by atoms with Gasteiger partial charge in [-0.25, -0.2) is 4.99 Å². The predicted octanol–water partition coefficient (Wildman–Crippen LogP) is 2.37. The van der Waals surface area contributed by atoms with E-state index in [0.29, 0.717) is 0 Å². The summed E-state index contributed by atoms with van der Waals surface area (Å²) < 4.78 is 0. The van der Waals surface area contributed by atoms with Crippen molar-refractivity contribution in [2.45, 2.75) is 24.5 Å². The van der Waals surface area contributed by atoms with Gasteiger partial charge in [0.1, 0.15) is 0 Å². The second-order valence-electron chi connectivity index (χ2n) is 2.42. The zero-order valence-corrected chi connectivity index (χ0v) is 7.51. The molecular weight excluding hydrogens is 162 g/mol. The summed E-state index contributed by atoms with van der Waals surface area (Å²) >= 11 is 6.52. The molecule has 0 aliphatic carbocycles. The van der Waals surface area contributed by atoms with E-state index >= 15 is 0 Å². The van der Waals surface area contributed by atoms with Crippen LogP contribution in [0.15, 0.2) is 4.99 Å². The Balaban J connectivity index is 2.19. The smallest absolute Gasteiger partial charge is 0.0611 e. The Morgan fingerprint density at radius 2 is 2.50 bits per heavy atom. The fourth-order valence-corrected chi connectivity index (χ4v) is 2.38. The molecule has 1 unspecified atom stereocenters. The number of hydrogen-bond acceptors (Lipinski definition) is 3. The zero-order chi connectivity index (χ0) is 7.23. The number of thiocarbonyl (C=S) groups is 1. The maximum atomic E-state index is 4.49. The number of nitrogens with zero attached hydrogens (tertiary/aromatic N) is 1. The average molecular weight is 173 g/mol. The van der Waals surface area contributed by atoms with E-state index in [-0.39, 0.29) is 0 Å². The van der Waals surface area contributed by atoms with E-state index in [1.54, 1.807) is 0 Å². The highest BCUT2D eigenvalue weighted by Crippen LogP contribution is 2.24. The van der Waals surface area contributed by atoms with E-state index in [1.807, 2.05) is 11.8 Å². The second-order valence-corrected chi connectivity index (χ2v) is 4.01. The molecule has 56 valence electrons. The summed E-state index contributed by atoms with van der Waals surface area (Å²) in [5.41, 5.74) is 0. The van der Waals surface area contributed by atoms with Gasteiger partial charge in [-0.3, -0.25) is 0 Å². The molecule has 0 spiro atoms. The van der Waals surface area contributed by atoms with Crippen LogP contribution in [0.3, 0.4) is 0 Å². The van der Waals surface area contributed by atoms with Gasteiger partial charge >= 0.3 is 0 Å². The fourth-order valence-electron chi connectivity index (χ4n) is 1.09. The van der Waals surface area contributed by atoms with Crippen LogP contribution in [0.4, 0.5) is 0 Å². The van der Waals surface area contributed by atoms with Crippen LogP contribution in [0.2, 0.25) is 0 Å². The molecule has 0 aromatic rings. The standard InChI is InChI=1S/C7H11NS2/c9-6-8-5-7-3-1-2-4-10-7/h7H,1-5H2. The topological polar surface area (TPSA) is 12.4 Å². The van der Waals surface area contributed by atoms with Crippen LogP contribution in [0.5, 0.6) is 0 Å². The Morgan fingerprint density at radius 3 is 3.10 bits per heavy atom. The van der Waals surface area contributed by atoms with Crippen molar-refractivity contribution in [2.24, 2.45) is 4.99 Å². The third-order valence-corrected chi connectivity index (χ3v) is 3.14. The summed E-state index contributed by atoms with van der Waals surface area (Å²) in [4.78, 5) is 3.94. The van der Waals surface area contributed by atoms with Crippen molar-refractivity contribution < 1.29 is 0 Å². The van der Waals surface area contributed by atoms with Crippen LogP contribution in [-0.4, -0.2) is 22.7 Å². The Labute approximate surface area is 71.3 Å². The molecule has 3 heteroatoms. The molecule has 1 aliphatic rings. The van der Waals surface area contributed by atoms with Gasteiger partial charge in [-0.15, -0.1) is 0 Å². The Hall–Kier alpha value is 0.150. The number of thioether (sulfide) groups is 1. The maximum Gasteiger partial charge on any atom is 0.0611 e. The largest absolute Gasteiger partial charge is 0.231 e. The number of rotatable bonds is 2. The minimum absolute atomic E-state index is 0.726. The minimum atomic E-state index is 0.726. The van der Waals surface area contributed by atoms with Crippen molar-refractivity contribution in [3.05, 3.63) is 0 Å². The monoisotopic (exact) mass is 173 g/mol. The van der Waals surface area contributed by atoms with Crippen LogP contribution in [-0.2, 0) is 0 Å². The van der Waals surface area contributed by atoms with Gasteiger partial charge in [0.15, 0.2) is 0 Å². The molecular formula is C7H11NS2. The summed E-state index contributed by atoms with van der Waals surface area (Å²) in [5, 5.41) is 3.14. The summed E-state index contributed by atoms with van der Waals surface area (Å²) in [6, 6.07) is 0. The lowest BCUT2D eigenvalue weighted by Crippen LogP contribution is -2.12. The van der Waals surface area contributed by atoms with E-state index in [1.165, 1.54) is 25.0 Å². The molecule has 1 nitrogen and oxygen atoms in total. The molecule has 1 atom stereocenters. The molecule has 0 bridgehead atoms. The lowest BCUT2D eigenvalue weighted by Gasteiger charge is -2.18.